The number of nitrogens with zero attached hydrogens (tertiary/aromatic N) is 2. The van der Waals surface area contributed by atoms with Gasteiger partial charge in [0.2, 0.25) is 0 Å². The minimum absolute atomic E-state index is 0. The van der Waals surface area contributed by atoms with E-state index in [4.69, 9.17) is 0 Å². The molecular formula is C10H16Cr2N2O7. The topological polar surface area (TPSA) is 234 Å². The Bertz CT molecular complexity index is 211. The normalized spacial score (nSPS) is 4.57. The summed E-state index contributed by atoms with van der Waals surface area (Å²) in [5, 5.41) is 0. The maximum Gasteiger partial charge on any atom is 4.00 e. The van der Waals surface area contributed by atoms with Gasteiger partial charge in [0, 0.05) is 24.8 Å². The van der Waals surface area contributed by atoms with Gasteiger partial charge in [0.25, 0.3) is 0 Å². The molecule has 0 unspecified atom stereocenters. The number of aromatic nitrogens is 2. The molecule has 0 radical (unpaired) electrons. The molecule has 0 aliphatic carbocycles. The summed E-state index contributed by atoms with van der Waals surface area (Å²) in [7, 11) is 0. The minimum atomic E-state index is 0. The van der Waals surface area contributed by atoms with Crippen molar-refractivity contribution in [3.63, 3.8) is 0 Å². The zero-order chi connectivity index (χ0) is 8.49. The molecule has 0 atom stereocenters. The molecule has 6 N–H and O–H groups in total. The smallest absolute Gasteiger partial charge is 2.00 e. The van der Waals surface area contributed by atoms with Gasteiger partial charge >= 0.3 is 34.7 Å². The number of pyridine rings is 2. The second-order valence-electron chi connectivity index (χ2n) is 2.05. The molecule has 0 saturated heterocycles. The van der Waals surface area contributed by atoms with Crippen LogP contribution in [0.2, 0.25) is 0 Å². The Morgan fingerprint density at radius 1 is 0.381 bits per heavy atom. The monoisotopic (exact) mass is 380 g/mol. The van der Waals surface area contributed by atoms with Crippen molar-refractivity contribution in [1.29, 1.82) is 0 Å². The van der Waals surface area contributed by atoms with Crippen LogP contribution < -0.4 is 0 Å². The van der Waals surface area contributed by atoms with Gasteiger partial charge in [0.1, 0.15) is 0 Å². The maximum atomic E-state index is 3.78. The SMILES string of the molecule is [Cr+4].[Cr+4].[O-2].[OH-].[OH-].[OH-].[OH-].[OH-].[OH-].c1ccncc1.c1ccncc1. The van der Waals surface area contributed by atoms with Crippen LogP contribution in [0.1, 0.15) is 0 Å². The molecule has 120 valence electrons. The van der Waals surface area contributed by atoms with Gasteiger partial charge in [-0.05, 0) is 24.3 Å². The summed E-state index contributed by atoms with van der Waals surface area (Å²) < 4.78 is 0. The van der Waals surface area contributed by atoms with Gasteiger partial charge in [-0.1, -0.05) is 12.1 Å². The Morgan fingerprint density at radius 2 is 0.571 bits per heavy atom. The van der Waals surface area contributed by atoms with Crippen molar-refractivity contribution in [2.24, 2.45) is 0 Å². The Hall–Kier alpha value is -0.915. The summed E-state index contributed by atoms with van der Waals surface area (Å²) in [4.78, 5) is 7.57. The zero-order valence-electron chi connectivity index (χ0n) is 10.6. The van der Waals surface area contributed by atoms with Crippen LogP contribution in [0.4, 0.5) is 0 Å². The van der Waals surface area contributed by atoms with E-state index in [0.29, 0.717) is 0 Å². The van der Waals surface area contributed by atoms with E-state index in [1.165, 1.54) is 0 Å². The molecule has 2 heterocycles. The first-order valence-electron chi connectivity index (χ1n) is 3.70. The minimum Gasteiger partial charge on any atom is -2.00 e. The van der Waals surface area contributed by atoms with E-state index < -0.39 is 0 Å². The van der Waals surface area contributed by atoms with Crippen molar-refractivity contribution >= 4 is 0 Å². The van der Waals surface area contributed by atoms with E-state index in [0.717, 1.165) is 0 Å². The van der Waals surface area contributed by atoms with E-state index in [1.54, 1.807) is 24.8 Å². The van der Waals surface area contributed by atoms with Gasteiger partial charge in [0.05, 0.1) is 0 Å². The number of hydrogen-bond donors (Lipinski definition) is 0. The van der Waals surface area contributed by atoms with E-state index >= 15 is 0 Å². The molecule has 0 aliphatic rings. The van der Waals surface area contributed by atoms with Crippen LogP contribution >= 0.6 is 0 Å². The van der Waals surface area contributed by atoms with Crippen LogP contribution in [0, 0.1) is 0 Å². The first-order valence-corrected chi connectivity index (χ1v) is 3.70. The zero-order valence-corrected chi connectivity index (χ0v) is 13.1. The van der Waals surface area contributed by atoms with Crippen molar-refractivity contribution in [3.05, 3.63) is 61.2 Å². The fourth-order valence-electron chi connectivity index (χ4n) is 0.625. The summed E-state index contributed by atoms with van der Waals surface area (Å²) >= 11 is 0. The Balaban J connectivity index is -0.0000000137. The molecule has 0 aliphatic heterocycles. The third-order valence-electron chi connectivity index (χ3n) is 1.13. The summed E-state index contributed by atoms with van der Waals surface area (Å²) in [5.74, 6) is 0. The molecule has 0 spiro atoms. The first-order chi connectivity index (χ1) is 6.00. The van der Waals surface area contributed by atoms with Gasteiger partial charge in [0.15, 0.2) is 0 Å². The van der Waals surface area contributed by atoms with Crippen molar-refractivity contribution in [2.45, 2.75) is 0 Å². The van der Waals surface area contributed by atoms with Crippen LogP contribution in [-0.4, -0.2) is 42.8 Å². The molecule has 0 amide bonds. The van der Waals surface area contributed by atoms with Gasteiger partial charge in [-0.3, -0.25) is 9.97 Å². The Kier molecular flexibility index (Phi) is 144. The molecule has 2 aromatic rings. The Labute approximate surface area is 144 Å². The molecule has 2 aromatic heterocycles. The van der Waals surface area contributed by atoms with E-state index in [1.807, 2.05) is 36.4 Å². The van der Waals surface area contributed by atoms with E-state index in [-0.39, 0.29) is 73.1 Å². The summed E-state index contributed by atoms with van der Waals surface area (Å²) in [5.41, 5.74) is 0. The van der Waals surface area contributed by atoms with Gasteiger partial charge in [-0.15, -0.1) is 0 Å². The van der Waals surface area contributed by atoms with Crippen LogP contribution in [0.3, 0.4) is 0 Å². The van der Waals surface area contributed by atoms with Crippen LogP contribution in [0.25, 0.3) is 0 Å². The fraction of sp³-hybridized carbons (Fsp3) is 0. The summed E-state index contributed by atoms with van der Waals surface area (Å²) in [6, 6.07) is 11.4. The number of hydrogen-bond acceptors (Lipinski definition) is 8. The van der Waals surface area contributed by atoms with Crippen LogP contribution in [0.5, 0.6) is 0 Å². The van der Waals surface area contributed by atoms with Crippen molar-refractivity contribution in [1.82, 2.24) is 9.97 Å². The van der Waals surface area contributed by atoms with Gasteiger partial charge in [-0.25, -0.2) is 0 Å². The molecule has 21 heavy (non-hydrogen) atoms. The predicted molar refractivity (Wildman–Crippen MR) is 60.8 cm³/mol. The second kappa shape index (κ2) is 50.8. The fourth-order valence-corrected chi connectivity index (χ4v) is 0.625. The molecule has 9 nitrogen and oxygen atoms in total. The van der Waals surface area contributed by atoms with Gasteiger partial charge in [-0.2, -0.15) is 0 Å². The Morgan fingerprint density at radius 3 is 0.619 bits per heavy atom. The van der Waals surface area contributed by atoms with Crippen molar-refractivity contribution in [3.8, 4) is 0 Å². The van der Waals surface area contributed by atoms with Crippen molar-refractivity contribution in [2.75, 3.05) is 0 Å². The standard InChI is InChI=1S/2C5H5N.2Cr.6H2O.O/c2*1-2-4-6-5-3-1;;;;;;;;;/h2*1-5H;;;6*1H2;/q;;2*+4;;;;;;;-2/p-6. The second-order valence-corrected chi connectivity index (χ2v) is 2.05. The summed E-state index contributed by atoms with van der Waals surface area (Å²) in [6.07, 6.45) is 7.00. The third kappa shape index (κ3) is 45.3. The maximum absolute atomic E-state index is 3.78. The molecule has 11 heteroatoms. The molecule has 0 fully saturated rings. The molecule has 0 saturated carbocycles. The number of rotatable bonds is 0. The first kappa shape index (κ1) is 59.5. The van der Waals surface area contributed by atoms with Crippen LogP contribution in [-0.2, 0) is 40.2 Å². The average Bonchev–Trinajstić information content (AvgIpc) is 2.24. The average molecular weight is 380 g/mol. The van der Waals surface area contributed by atoms with Gasteiger partial charge < -0.3 is 38.3 Å². The summed E-state index contributed by atoms with van der Waals surface area (Å²) in [6.45, 7) is 0. The van der Waals surface area contributed by atoms with E-state index in [9.17, 15) is 0 Å². The van der Waals surface area contributed by atoms with E-state index in [2.05, 4.69) is 9.97 Å². The van der Waals surface area contributed by atoms with Crippen LogP contribution in [0.15, 0.2) is 61.2 Å². The quantitative estimate of drug-likeness (QED) is 0.636. The van der Waals surface area contributed by atoms with Crippen molar-refractivity contribution < 1.29 is 73.1 Å². The molecule has 0 bridgehead atoms. The molecular weight excluding hydrogens is 364 g/mol. The predicted octanol–water partition coefficient (Wildman–Crippen LogP) is 0.979. The third-order valence-corrected chi connectivity index (χ3v) is 1.13. The molecule has 0 aromatic carbocycles. The molecule has 2 rings (SSSR count). The largest absolute Gasteiger partial charge is 4.00 e.